The Morgan fingerprint density at radius 1 is 0.594 bits per heavy atom. The normalized spacial score (nSPS) is 12.9. The summed E-state index contributed by atoms with van der Waals surface area (Å²) >= 11 is 6.02. The van der Waals surface area contributed by atoms with E-state index in [0.717, 1.165) is 80.7 Å². The molecule has 4 aromatic heterocycles. The Bertz CT molecular complexity index is 3100. The Morgan fingerprint density at radius 3 is 1.46 bits per heavy atom. The van der Waals surface area contributed by atoms with E-state index >= 15 is 0 Å². The van der Waals surface area contributed by atoms with Crippen LogP contribution in [0.3, 0.4) is 0 Å². The first-order valence-corrected chi connectivity index (χ1v) is 29.1. The van der Waals surface area contributed by atoms with Crippen molar-refractivity contribution in [1.82, 2.24) is 30.6 Å². The van der Waals surface area contributed by atoms with Gasteiger partial charge in [0.1, 0.15) is 45.6 Å². The Morgan fingerprint density at radius 2 is 1.03 bits per heavy atom. The Kier molecular flexibility index (Phi) is 16.7. The van der Waals surface area contributed by atoms with E-state index in [1.54, 1.807) is 12.1 Å². The van der Waals surface area contributed by atoms with Crippen LogP contribution < -0.4 is 40.5 Å². The molecule has 7 N–H and O–H groups in total. The maximum absolute atomic E-state index is 14.0. The number of hydrogen-bond donors (Lipinski definition) is 6. The molecule has 0 fully saturated rings. The molecule has 0 unspecified atom stereocenters. The minimum absolute atomic E-state index is 0. The number of halogens is 5. The summed E-state index contributed by atoms with van der Waals surface area (Å²) in [4.78, 5) is 39.6. The second kappa shape index (κ2) is 22.0. The molecule has 0 saturated carbocycles. The third kappa shape index (κ3) is 13.1. The van der Waals surface area contributed by atoms with E-state index in [4.69, 9.17) is 22.0 Å². The predicted octanol–water partition coefficient (Wildman–Crippen LogP) is 9.29. The van der Waals surface area contributed by atoms with Gasteiger partial charge < -0.3 is 36.3 Å². The quantitative estimate of drug-likeness (QED) is 0.0421. The number of nitrogens with zero attached hydrogens (tertiary/aromatic N) is 3. The Labute approximate surface area is 416 Å². The van der Waals surface area contributed by atoms with Gasteiger partial charge in [-0.1, -0.05) is 116 Å². The summed E-state index contributed by atoms with van der Waals surface area (Å²) in [6.07, 6.45) is 1.55. The zero-order chi connectivity index (χ0) is 48.9. The van der Waals surface area contributed by atoms with Crippen molar-refractivity contribution in [3.8, 4) is 22.5 Å². The van der Waals surface area contributed by atoms with Gasteiger partial charge in [0.25, 0.3) is 11.8 Å². The molecule has 4 aromatic carbocycles. The third-order valence-electron chi connectivity index (χ3n) is 10.5. The fourth-order valence-electron chi connectivity index (χ4n) is 7.91. The molecule has 0 radical (unpaired) electrons. The number of amides is 2. The van der Waals surface area contributed by atoms with E-state index < -0.39 is 45.4 Å². The first-order chi connectivity index (χ1) is 32.2. The second-order valence-electron chi connectivity index (χ2n) is 18.1. The van der Waals surface area contributed by atoms with Crippen LogP contribution >= 0.6 is 11.6 Å². The topological polar surface area (TPSA) is 168 Å². The van der Waals surface area contributed by atoms with Crippen molar-refractivity contribution < 1.29 is 46.0 Å². The standard InChI is InChI=1S/C22H16F2N4O.C16H12ClN3O.C6H5F2N.C6H18NSi2.Li/c23-15-5-2-6-16(24)21(15)28-19-8-7-12-3-1-4-13(20(12)27-19)18-11-14-17(26-18)9-10-25-22(14)29;17-14-5-4-9-2-1-3-10(15(9)20-14)13-8-11-12(19-13)6-7-18-16(11)21;7-4-2-1-3-5(8)6(4)9;1-8(2,3)7-9(4,5)6;/h1-8,11,26H,9-10H2,(H,25,29)(H,27,28);1-5,8,19H,6-7H2,(H,18,21);1-3H,9H2;1-6H3;/q;;;-1;+1. The first kappa shape index (κ1) is 52.2. The SMILES string of the molecule is C[Si](C)(C)[N-][Si](C)(C)C.Nc1c(F)cccc1F.O=C1NCCc2[nH]c(-c3cccc4ccc(Cl)nc34)cc21.O=C1NCCc2[nH]c(-c3cccc4ccc(Nc5c(F)cccc5F)nc34)cc21.[Li+]. The van der Waals surface area contributed by atoms with Crippen molar-refractivity contribution in [1.29, 1.82) is 0 Å². The van der Waals surface area contributed by atoms with Crippen LogP contribution in [0.25, 0.3) is 49.0 Å². The number of para-hydroxylation sites is 4. The van der Waals surface area contributed by atoms with Gasteiger partial charge in [-0.25, -0.2) is 27.5 Å². The molecule has 0 saturated heterocycles. The van der Waals surface area contributed by atoms with Crippen LogP contribution in [0.4, 0.5) is 34.8 Å². The average molecular weight is 985 g/mol. The molecular formula is C50H51ClF4LiN9O2Si2. The maximum atomic E-state index is 14.0. The van der Waals surface area contributed by atoms with Gasteiger partial charge in [-0.3, -0.25) is 9.59 Å². The first-order valence-electron chi connectivity index (χ1n) is 21.8. The van der Waals surface area contributed by atoms with Gasteiger partial charge in [-0.15, -0.1) is 0 Å². The van der Waals surface area contributed by atoms with Gasteiger partial charge >= 0.3 is 18.9 Å². The Hall–Kier alpha value is -6.20. The number of hydrogen-bond acceptors (Lipinski definition) is 6. The number of nitrogen functional groups attached to an aromatic ring is 1. The average Bonchev–Trinajstić information content (AvgIpc) is 3.93. The van der Waals surface area contributed by atoms with E-state index in [2.05, 4.69) is 75.2 Å². The van der Waals surface area contributed by atoms with Crippen LogP contribution in [0.5, 0.6) is 0 Å². The molecule has 352 valence electrons. The number of carbonyl (C=O) groups excluding carboxylic acids is 2. The number of aromatic nitrogens is 4. The van der Waals surface area contributed by atoms with Crippen molar-refractivity contribution in [2.75, 3.05) is 24.1 Å². The van der Waals surface area contributed by atoms with E-state index in [0.29, 0.717) is 35.1 Å². The number of nitrogens with two attached hydrogens (primary N) is 1. The van der Waals surface area contributed by atoms with Gasteiger partial charge in [-0.05, 0) is 60.7 Å². The molecule has 0 spiro atoms. The van der Waals surface area contributed by atoms with Crippen LogP contribution in [0.2, 0.25) is 44.4 Å². The Balaban J connectivity index is 0.000000170. The van der Waals surface area contributed by atoms with Gasteiger partial charge in [0, 0.05) is 70.6 Å². The largest absolute Gasteiger partial charge is 1.00 e. The number of fused-ring (bicyclic) bond motifs is 4. The molecule has 6 heterocycles. The van der Waals surface area contributed by atoms with Crippen molar-refractivity contribution in [3.63, 3.8) is 0 Å². The molecule has 2 amide bonds. The minimum atomic E-state index is -1.11. The number of anilines is 3. The van der Waals surface area contributed by atoms with Gasteiger partial charge in [0.2, 0.25) is 0 Å². The summed E-state index contributed by atoms with van der Waals surface area (Å²) in [5.41, 5.74) is 12.4. The summed E-state index contributed by atoms with van der Waals surface area (Å²) in [5, 5.41) is 10.8. The van der Waals surface area contributed by atoms with Crippen molar-refractivity contribution >= 4 is 78.9 Å². The molecule has 11 nitrogen and oxygen atoms in total. The second-order valence-corrected chi connectivity index (χ2v) is 28.0. The molecule has 2 aliphatic rings. The number of benzene rings is 4. The molecule has 2 aliphatic heterocycles. The van der Waals surface area contributed by atoms with Gasteiger partial charge in [0.05, 0.1) is 22.2 Å². The molecule has 10 rings (SSSR count). The molecule has 19 heteroatoms. The van der Waals surface area contributed by atoms with E-state index in [-0.39, 0.29) is 36.4 Å². The zero-order valence-electron chi connectivity index (χ0n) is 39.3. The number of carbonyl (C=O) groups is 2. The molecule has 8 aromatic rings. The summed E-state index contributed by atoms with van der Waals surface area (Å²) in [5.74, 6) is -2.61. The number of rotatable bonds is 6. The van der Waals surface area contributed by atoms with Crippen molar-refractivity contribution in [2.24, 2.45) is 0 Å². The van der Waals surface area contributed by atoms with Crippen molar-refractivity contribution in [3.05, 3.63) is 165 Å². The maximum Gasteiger partial charge on any atom is 1.00 e. The van der Waals surface area contributed by atoms with Crippen LogP contribution in [-0.4, -0.2) is 61.3 Å². The molecule has 0 aliphatic carbocycles. The van der Waals surface area contributed by atoms with Crippen LogP contribution in [-0.2, 0) is 12.8 Å². The third-order valence-corrected chi connectivity index (χ3v) is 16.1. The van der Waals surface area contributed by atoms with Gasteiger partial charge in [0.15, 0.2) is 0 Å². The molecular weight excluding hydrogens is 933 g/mol. The number of aromatic amines is 2. The van der Waals surface area contributed by atoms with Crippen LogP contribution in [0, 0.1) is 23.3 Å². The fourth-order valence-corrected chi connectivity index (χ4v) is 16.1. The van der Waals surface area contributed by atoms with Crippen LogP contribution in [0.15, 0.2) is 109 Å². The monoisotopic (exact) mass is 983 g/mol. The smallest absolute Gasteiger partial charge is 0.668 e. The number of nitrogens with one attached hydrogen (secondary N) is 5. The molecule has 0 atom stereocenters. The minimum Gasteiger partial charge on any atom is -0.668 e. The van der Waals surface area contributed by atoms with Gasteiger partial charge in [-0.2, -0.15) is 0 Å². The fraction of sp³-hybridized carbons (Fsp3) is 0.200. The summed E-state index contributed by atoms with van der Waals surface area (Å²) in [6.45, 7) is 15.1. The summed E-state index contributed by atoms with van der Waals surface area (Å²) in [6, 6.07) is 29.8. The molecule has 69 heavy (non-hydrogen) atoms. The van der Waals surface area contributed by atoms with E-state index in [9.17, 15) is 27.2 Å². The summed E-state index contributed by atoms with van der Waals surface area (Å²) in [7, 11) is -2.21. The van der Waals surface area contributed by atoms with E-state index in [1.807, 2.05) is 60.7 Å². The number of H-pyrrole nitrogens is 2. The zero-order valence-corrected chi connectivity index (χ0v) is 42.1. The van der Waals surface area contributed by atoms with Crippen molar-refractivity contribution in [2.45, 2.75) is 52.1 Å². The van der Waals surface area contributed by atoms with E-state index in [1.165, 1.54) is 24.3 Å². The summed E-state index contributed by atoms with van der Waals surface area (Å²) < 4.78 is 57.2. The molecule has 0 bridgehead atoms. The number of pyridine rings is 2. The predicted molar refractivity (Wildman–Crippen MR) is 271 cm³/mol. The van der Waals surface area contributed by atoms with Crippen LogP contribution in [0.1, 0.15) is 32.1 Å².